The summed E-state index contributed by atoms with van der Waals surface area (Å²) in [6.07, 6.45) is 2.07. The molecule has 3 rings (SSSR count). The van der Waals surface area contributed by atoms with E-state index in [1.54, 1.807) is 0 Å². The zero-order valence-corrected chi connectivity index (χ0v) is 8.77. The highest BCUT2D eigenvalue weighted by atomic mass is 16.5. The normalized spacial score (nSPS) is 27.5. The maximum Gasteiger partial charge on any atom is 0.294 e. The van der Waals surface area contributed by atoms with Crippen LogP contribution in [0.4, 0.5) is 0 Å². The number of benzene rings is 1. The number of amidine groups is 1. The zero-order chi connectivity index (χ0) is 11.2. The Morgan fingerprint density at radius 3 is 2.75 bits per heavy atom. The summed E-state index contributed by atoms with van der Waals surface area (Å²) >= 11 is 0. The predicted octanol–water partition coefficient (Wildman–Crippen LogP) is 0.786. The molecule has 0 bridgehead atoms. The van der Waals surface area contributed by atoms with Gasteiger partial charge in [-0.05, 0) is 17.5 Å². The molecule has 1 aliphatic carbocycles. The van der Waals surface area contributed by atoms with Gasteiger partial charge in [-0.2, -0.15) is 4.99 Å². The van der Waals surface area contributed by atoms with Crippen LogP contribution in [0.25, 0.3) is 0 Å². The van der Waals surface area contributed by atoms with Crippen LogP contribution in [0.15, 0.2) is 29.3 Å². The lowest BCUT2D eigenvalue weighted by Gasteiger charge is -2.31. The van der Waals surface area contributed by atoms with Crippen LogP contribution in [-0.4, -0.2) is 17.5 Å². The minimum Gasteiger partial charge on any atom is -0.448 e. The summed E-state index contributed by atoms with van der Waals surface area (Å²) in [6, 6.07) is 8.11. The van der Waals surface area contributed by atoms with Crippen molar-refractivity contribution in [2.24, 2.45) is 10.7 Å². The second-order valence-corrected chi connectivity index (χ2v) is 4.30. The molecular formula is C12H12N2O2. The molecule has 0 fully saturated rings. The number of aliphatic imine (C=N–C) groups is 1. The summed E-state index contributed by atoms with van der Waals surface area (Å²) in [5.41, 5.74) is 7.08. The molecule has 4 nitrogen and oxygen atoms in total. The van der Waals surface area contributed by atoms with Crippen molar-refractivity contribution in [3.05, 3.63) is 35.4 Å². The van der Waals surface area contributed by atoms with Gasteiger partial charge in [-0.1, -0.05) is 24.3 Å². The third-order valence-electron chi connectivity index (χ3n) is 3.29. The molecule has 1 spiro atoms. The van der Waals surface area contributed by atoms with Gasteiger partial charge >= 0.3 is 0 Å². The molecular weight excluding hydrogens is 204 g/mol. The van der Waals surface area contributed by atoms with Crippen molar-refractivity contribution < 1.29 is 9.53 Å². The van der Waals surface area contributed by atoms with Crippen LogP contribution in [-0.2, 0) is 22.4 Å². The number of fused-ring (bicyclic) bond motifs is 1. The summed E-state index contributed by atoms with van der Waals surface area (Å²) in [5.74, 6) is -0.237. The van der Waals surface area contributed by atoms with Crippen LogP contribution in [0.3, 0.4) is 0 Å². The zero-order valence-electron chi connectivity index (χ0n) is 8.77. The highest BCUT2D eigenvalue weighted by molar-refractivity contribution is 6.01. The molecule has 0 saturated heterocycles. The fraction of sp³-hybridized carbons (Fsp3) is 0.333. The fourth-order valence-corrected chi connectivity index (χ4v) is 2.44. The van der Waals surface area contributed by atoms with E-state index in [2.05, 4.69) is 11.1 Å². The number of rotatable bonds is 0. The fourth-order valence-electron chi connectivity index (χ4n) is 2.44. The summed E-state index contributed by atoms with van der Waals surface area (Å²) in [7, 11) is 0. The minimum absolute atomic E-state index is 0.00406. The average Bonchev–Trinajstić information content (AvgIpc) is 2.53. The van der Waals surface area contributed by atoms with E-state index >= 15 is 0 Å². The van der Waals surface area contributed by atoms with Gasteiger partial charge in [-0.15, -0.1) is 0 Å². The summed E-state index contributed by atoms with van der Waals surface area (Å²) in [5, 5.41) is 0. The molecule has 1 amide bonds. The van der Waals surface area contributed by atoms with E-state index in [1.165, 1.54) is 5.56 Å². The van der Waals surface area contributed by atoms with E-state index in [4.69, 9.17) is 10.5 Å². The molecule has 1 unspecified atom stereocenters. The Kier molecular flexibility index (Phi) is 1.80. The van der Waals surface area contributed by atoms with Crippen molar-refractivity contribution in [3.63, 3.8) is 0 Å². The first kappa shape index (κ1) is 9.39. The Bertz CT molecular complexity index is 496. The minimum atomic E-state index is -0.821. The van der Waals surface area contributed by atoms with E-state index in [9.17, 15) is 4.79 Å². The average molecular weight is 216 g/mol. The predicted molar refractivity (Wildman–Crippen MR) is 58.9 cm³/mol. The molecule has 1 heterocycles. The second-order valence-electron chi connectivity index (χ2n) is 4.30. The largest absolute Gasteiger partial charge is 0.448 e. The van der Waals surface area contributed by atoms with Crippen LogP contribution >= 0.6 is 0 Å². The summed E-state index contributed by atoms with van der Waals surface area (Å²) < 4.78 is 5.44. The number of carbonyl (C=O) groups excluding carboxylic acids is 1. The molecule has 0 aromatic heterocycles. The highest BCUT2D eigenvalue weighted by Gasteiger charge is 2.47. The maximum absolute atomic E-state index is 11.8. The Hall–Kier alpha value is -1.84. The Morgan fingerprint density at radius 1 is 1.31 bits per heavy atom. The molecule has 0 saturated carbocycles. The standard InChI is InChI=1S/C12H12N2O2/c13-11-14-10(15)12(16-11)6-5-8-3-1-2-4-9(8)7-12/h1-4H,5-7H2,(H2,13,14,15). The van der Waals surface area contributed by atoms with Crippen LogP contribution in [0.5, 0.6) is 0 Å². The third-order valence-corrected chi connectivity index (χ3v) is 3.29. The first-order valence-corrected chi connectivity index (χ1v) is 5.34. The van der Waals surface area contributed by atoms with Gasteiger partial charge in [0.15, 0.2) is 5.60 Å². The molecule has 4 heteroatoms. The maximum atomic E-state index is 11.8. The Morgan fingerprint density at radius 2 is 2.06 bits per heavy atom. The molecule has 0 radical (unpaired) electrons. The molecule has 1 atom stereocenters. The third kappa shape index (κ3) is 1.23. The topological polar surface area (TPSA) is 64.7 Å². The van der Waals surface area contributed by atoms with Crippen molar-refractivity contribution in [2.45, 2.75) is 24.9 Å². The number of hydrogen-bond acceptors (Lipinski definition) is 3. The molecule has 2 aliphatic rings. The lowest BCUT2D eigenvalue weighted by Crippen LogP contribution is -2.43. The van der Waals surface area contributed by atoms with Crippen molar-refractivity contribution >= 4 is 11.9 Å². The van der Waals surface area contributed by atoms with Crippen LogP contribution in [0, 0.1) is 0 Å². The van der Waals surface area contributed by atoms with E-state index in [0.717, 1.165) is 12.0 Å². The number of amides is 1. The van der Waals surface area contributed by atoms with E-state index in [1.807, 2.05) is 18.2 Å². The van der Waals surface area contributed by atoms with Gasteiger partial charge in [-0.3, -0.25) is 4.79 Å². The Balaban J connectivity index is 1.97. The number of carbonyl (C=O) groups is 1. The van der Waals surface area contributed by atoms with Gasteiger partial charge in [0.2, 0.25) is 0 Å². The highest BCUT2D eigenvalue weighted by Crippen LogP contribution is 2.34. The Labute approximate surface area is 93.1 Å². The van der Waals surface area contributed by atoms with E-state index in [0.29, 0.717) is 12.8 Å². The first-order valence-electron chi connectivity index (χ1n) is 5.34. The van der Waals surface area contributed by atoms with Crippen LogP contribution in [0.2, 0.25) is 0 Å². The first-order chi connectivity index (χ1) is 7.70. The van der Waals surface area contributed by atoms with Gasteiger partial charge in [0.1, 0.15) is 0 Å². The molecule has 82 valence electrons. The smallest absolute Gasteiger partial charge is 0.294 e. The number of nitrogens with two attached hydrogens (primary N) is 1. The SMILES string of the molecule is NC1=NC(=O)C2(CCc3ccccc3C2)O1. The van der Waals surface area contributed by atoms with Gasteiger partial charge in [0.05, 0.1) is 0 Å². The number of nitrogens with zero attached hydrogens (tertiary/aromatic N) is 1. The number of aryl methyl sites for hydroxylation is 1. The van der Waals surface area contributed by atoms with Gasteiger partial charge in [0, 0.05) is 12.8 Å². The lowest BCUT2D eigenvalue weighted by molar-refractivity contribution is -0.131. The van der Waals surface area contributed by atoms with Crippen molar-refractivity contribution in [2.75, 3.05) is 0 Å². The van der Waals surface area contributed by atoms with E-state index in [-0.39, 0.29) is 11.9 Å². The molecule has 1 aliphatic heterocycles. The van der Waals surface area contributed by atoms with Crippen LogP contribution in [0.1, 0.15) is 17.5 Å². The molecule has 1 aromatic carbocycles. The van der Waals surface area contributed by atoms with E-state index < -0.39 is 5.60 Å². The second kappa shape index (κ2) is 3.07. The summed E-state index contributed by atoms with van der Waals surface area (Å²) in [4.78, 5) is 15.5. The molecule has 2 N–H and O–H groups in total. The monoisotopic (exact) mass is 216 g/mol. The van der Waals surface area contributed by atoms with Crippen LogP contribution < -0.4 is 5.73 Å². The van der Waals surface area contributed by atoms with Gasteiger partial charge < -0.3 is 10.5 Å². The van der Waals surface area contributed by atoms with Crippen molar-refractivity contribution in [3.8, 4) is 0 Å². The lowest BCUT2D eigenvalue weighted by atomic mass is 9.80. The molecule has 1 aromatic rings. The van der Waals surface area contributed by atoms with Crippen molar-refractivity contribution in [1.29, 1.82) is 0 Å². The number of hydrogen-bond donors (Lipinski definition) is 1. The van der Waals surface area contributed by atoms with Crippen molar-refractivity contribution in [1.82, 2.24) is 0 Å². The molecule has 16 heavy (non-hydrogen) atoms. The number of ether oxygens (including phenoxy) is 1. The quantitative estimate of drug-likeness (QED) is 0.697. The summed E-state index contributed by atoms with van der Waals surface area (Å²) in [6.45, 7) is 0. The van der Waals surface area contributed by atoms with Gasteiger partial charge in [0.25, 0.3) is 11.9 Å². The van der Waals surface area contributed by atoms with Gasteiger partial charge in [-0.25, -0.2) is 0 Å².